The molecule has 5 nitrogen and oxygen atoms in total. The number of thiazole rings is 1. The lowest BCUT2D eigenvalue weighted by Gasteiger charge is -2.25. The third-order valence-electron chi connectivity index (χ3n) is 2.47. The number of aromatic nitrogens is 1. The first kappa shape index (κ1) is 11.5. The summed E-state index contributed by atoms with van der Waals surface area (Å²) >= 11 is 1.22. The van der Waals surface area contributed by atoms with E-state index < -0.39 is 10.8 Å². The third kappa shape index (κ3) is 2.25. The van der Waals surface area contributed by atoms with Gasteiger partial charge in [0.15, 0.2) is 5.13 Å². The highest BCUT2D eigenvalue weighted by Crippen LogP contribution is 2.21. The molecule has 1 aliphatic rings. The monoisotopic (exact) mass is 259 g/mol. The number of hydrogen-bond acceptors (Lipinski definition) is 5. The predicted molar refractivity (Wildman–Crippen MR) is 65.0 cm³/mol. The zero-order valence-electron chi connectivity index (χ0n) is 8.93. The van der Waals surface area contributed by atoms with E-state index in [1.54, 1.807) is 11.8 Å². The van der Waals surface area contributed by atoms with Gasteiger partial charge in [0.05, 0.1) is 5.69 Å². The maximum absolute atomic E-state index is 12.1. The zero-order chi connectivity index (χ0) is 11.7. The van der Waals surface area contributed by atoms with Gasteiger partial charge >= 0.3 is 0 Å². The molecule has 7 heteroatoms. The van der Waals surface area contributed by atoms with Gasteiger partial charge in [-0.25, -0.2) is 4.98 Å². The van der Waals surface area contributed by atoms with Crippen LogP contribution in [0.25, 0.3) is 0 Å². The molecule has 0 spiro atoms. The molecular weight excluding hydrogens is 246 g/mol. The highest BCUT2D eigenvalue weighted by molar-refractivity contribution is 7.85. The number of carbonyl (C=O) groups excluding carboxylic acids is 1. The molecule has 2 rings (SSSR count). The van der Waals surface area contributed by atoms with Crippen LogP contribution in [0.15, 0.2) is 0 Å². The lowest BCUT2D eigenvalue weighted by molar-refractivity contribution is 0.0775. The summed E-state index contributed by atoms with van der Waals surface area (Å²) in [6.07, 6.45) is 0. The number of anilines is 1. The number of nitrogens with zero attached hydrogens (tertiary/aromatic N) is 2. The Morgan fingerprint density at radius 3 is 2.62 bits per heavy atom. The Balaban J connectivity index is 2.13. The Morgan fingerprint density at radius 1 is 1.50 bits per heavy atom. The molecule has 1 amide bonds. The van der Waals surface area contributed by atoms with Crippen molar-refractivity contribution in [3.8, 4) is 0 Å². The van der Waals surface area contributed by atoms with Crippen molar-refractivity contribution in [1.82, 2.24) is 9.88 Å². The summed E-state index contributed by atoms with van der Waals surface area (Å²) in [5.74, 6) is 1.10. The fraction of sp³-hybridized carbons (Fsp3) is 0.556. The van der Waals surface area contributed by atoms with Gasteiger partial charge in [0.2, 0.25) is 0 Å². The van der Waals surface area contributed by atoms with Gasteiger partial charge in [-0.2, -0.15) is 0 Å². The minimum atomic E-state index is -0.765. The minimum Gasteiger partial charge on any atom is -0.375 e. The third-order valence-corrected chi connectivity index (χ3v) is 4.72. The molecule has 1 saturated heterocycles. The van der Waals surface area contributed by atoms with E-state index in [2.05, 4.69) is 4.98 Å². The lowest BCUT2D eigenvalue weighted by atomic mass is 10.3. The normalized spacial score (nSPS) is 17.7. The van der Waals surface area contributed by atoms with Crippen molar-refractivity contribution in [3.05, 3.63) is 10.6 Å². The average Bonchev–Trinajstić information content (AvgIpc) is 2.58. The first-order chi connectivity index (χ1) is 7.58. The summed E-state index contributed by atoms with van der Waals surface area (Å²) in [5, 5.41) is 0.418. The molecular formula is C9H13N3O2S2. The fourth-order valence-electron chi connectivity index (χ4n) is 1.60. The van der Waals surface area contributed by atoms with Crippen LogP contribution >= 0.6 is 11.3 Å². The highest BCUT2D eigenvalue weighted by atomic mass is 32.2. The molecule has 2 N–H and O–H groups in total. The van der Waals surface area contributed by atoms with E-state index in [1.807, 2.05) is 0 Å². The van der Waals surface area contributed by atoms with Crippen LogP contribution in [-0.4, -0.2) is 44.6 Å². The number of amides is 1. The van der Waals surface area contributed by atoms with Crippen molar-refractivity contribution in [2.24, 2.45) is 0 Å². The summed E-state index contributed by atoms with van der Waals surface area (Å²) < 4.78 is 11.2. The van der Waals surface area contributed by atoms with Gasteiger partial charge in [0.25, 0.3) is 5.91 Å². The van der Waals surface area contributed by atoms with Gasteiger partial charge in [-0.1, -0.05) is 11.3 Å². The van der Waals surface area contributed by atoms with Gasteiger partial charge in [-0.05, 0) is 6.92 Å². The van der Waals surface area contributed by atoms with Crippen LogP contribution in [0.3, 0.4) is 0 Å². The number of hydrogen-bond donors (Lipinski definition) is 1. The molecule has 0 bridgehead atoms. The van der Waals surface area contributed by atoms with Crippen molar-refractivity contribution in [2.45, 2.75) is 6.92 Å². The van der Waals surface area contributed by atoms with Gasteiger partial charge < -0.3 is 10.6 Å². The lowest BCUT2D eigenvalue weighted by Crippen LogP contribution is -2.41. The van der Waals surface area contributed by atoms with Crippen LogP contribution < -0.4 is 5.73 Å². The standard InChI is InChI=1S/C9H13N3O2S2/c1-6-7(15-9(10)11-6)8(13)12-2-4-16(14)5-3-12/h2-5H2,1H3,(H2,10,11). The molecule has 2 heterocycles. The van der Waals surface area contributed by atoms with Gasteiger partial charge in [0, 0.05) is 35.4 Å². The van der Waals surface area contributed by atoms with E-state index in [-0.39, 0.29) is 5.91 Å². The molecule has 0 aliphatic carbocycles. The molecule has 0 radical (unpaired) electrons. The predicted octanol–water partition coefficient (Wildman–Crippen LogP) is 0.238. The quantitative estimate of drug-likeness (QED) is 0.783. The first-order valence-electron chi connectivity index (χ1n) is 4.95. The van der Waals surface area contributed by atoms with Crippen LogP contribution in [0.5, 0.6) is 0 Å². The van der Waals surface area contributed by atoms with Crippen molar-refractivity contribution >= 4 is 33.2 Å². The van der Waals surface area contributed by atoms with Crippen molar-refractivity contribution < 1.29 is 9.00 Å². The van der Waals surface area contributed by atoms with Crippen molar-refractivity contribution in [1.29, 1.82) is 0 Å². The largest absolute Gasteiger partial charge is 0.375 e. The molecule has 1 aromatic rings. The van der Waals surface area contributed by atoms with E-state index in [4.69, 9.17) is 5.73 Å². The summed E-state index contributed by atoms with van der Waals surface area (Å²) in [6.45, 7) is 2.90. The average molecular weight is 259 g/mol. The SMILES string of the molecule is Cc1nc(N)sc1C(=O)N1CCS(=O)CC1. The molecule has 1 aromatic heterocycles. The fourth-order valence-corrected chi connectivity index (χ4v) is 3.45. The molecule has 1 fully saturated rings. The molecule has 0 aromatic carbocycles. The Labute approximate surface area is 100 Å². The van der Waals surface area contributed by atoms with Crippen LogP contribution in [0.1, 0.15) is 15.4 Å². The first-order valence-corrected chi connectivity index (χ1v) is 7.25. The molecule has 0 unspecified atom stereocenters. The van der Waals surface area contributed by atoms with Crippen molar-refractivity contribution in [2.75, 3.05) is 30.3 Å². The Bertz CT molecular complexity index is 434. The van der Waals surface area contributed by atoms with Gasteiger partial charge in [-0.15, -0.1) is 0 Å². The maximum atomic E-state index is 12.1. The topological polar surface area (TPSA) is 76.3 Å². The van der Waals surface area contributed by atoms with E-state index in [0.29, 0.717) is 40.3 Å². The molecule has 88 valence electrons. The number of nitrogen functional groups attached to an aromatic ring is 1. The molecule has 16 heavy (non-hydrogen) atoms. The van der Waals surface area contributed by atoms with E-state index in [9.17, 15) is 9.00 Å². The van der Waals surface area contributed by atoms with E-state index in [1.165, 1.54) is 11.3 Å². The van der Waals surface area contributed by atoms with Crippen LogP contribution in [0.2, 0.25) is 0 Å². The number of nitrogens with two attached hydrogens (primary N) is 1. The van der Waals surface area contributed by atoms with Gasteiger partial charge in [-0.3, -0.25) is 9.00 Å². The molecule has 0 saturated carbocycles. The summed E-state index contributed by atoms with van der Waals surface area (Å²) in [7, 11) is -0.765. The van der Waals surface area contributed by atoms with Crippen molar-refractivity contribution in [3.63, 3.8) is 0 Å². The second kappa shape index (κ2) is 4.50. The summed E-state index contributed by atoms with van der Waals surface area (Å²) in [5.41, 5.74) is 6.24. The second-order valence-electron chi connectivity index (χ2n) is 3.61. The van der Waals surface area contributed by atoms with Gasteiger partial charge in [0.1, 0.15) is 4.88 Å². The molecule has 0 atom stereocenters. The Kier molecular flexibility index (Phi) is 3.25. The smallest absolute Gasteiger partial charge is 0.265 e. The maximum Gasteiger partial charge on any atom is 0.265 e. The Hall–Kier alpha value is -0.950. The minimum absolute atomic E-state index is 0.0385. The number of aryl methyl sites for hydroxylation is 1. The van der Waals surface area contributed by atoms with E-state index >= 15 is 0 Å². The zero-order valence-corrected chi connectivity index (χ0v) is 10.6. The second-order valence-corrected chi connectivity index (χ2v) is 6.33. The van der Waals surface area contributed by atoms with Crippen LogP contribution in [0, 0.1) is 6.92 Å². The Morgan fingerprint density at radius 2 is 2.12 bits per heavy atom. The number of rotatable bonds is 1. The summed E-state index contributed by atoms with van der Waals surface area (Å²) in [4.78, 5) is 18.4. The number of carbonyl (C=O) groups is 1. The van der Waals surface area contributed by atoms with E-state index in [0.717, 1.165) is 0 Å². The summed E-state index contributed by atoms with van der Waals surface area (Å²) in [6, 6.07) is 0. The highest BCUT2D eigenvalue weighted by Gasteiger charge is 2.24. The van der Waals surface area contributed by atoms with Crippen LogP contribution in [-0.2, 0) is 10.8 Å². The molecule has 1 aliphatic heterocycles. The van der Waals surface area contributed by atoms with Crippen LogP contribution in [0.4, 0.5) is 5.13 Å².